The van der Waals surface area contributed by atoms with Crippen molar-refractivity contribution >= 4 is 27.7 Å². The quantitative estimate of drug-likeness (QED) is 0.487. The van der Waals surface area contributed by atoms with Gasteiger partial charge in [-0.15, -0.1) is 0 Å². The molecular weight excluding hydrogens is 295 g/mol. The molecule has 0 aliphatic carbocycles. The van der Waals surface area contributed by atoms with Crippen LogP contribution in [0.2, 0.25) is 0 Å². The van der Waals surface area contributed by atoms with Crippen molar-refractivity contribution in [2.75, 3.05) is 13.7 Å². The minimum atomic E-state index is -1.03. The third-order valence-electron chi connectivity index (χ3n) is 1.93. The Morgan fingerprint density at radius 1 is 1.41 bits per heavy atom. The Morgan fingerprint density at radius 3 is 2.59 bits per heavy atom. The second-order valence-corrected chi connectivity index (χ2v) is 3.81. The van der Waals surface area contributed by atoms with Gasteiger partial charge in [0.2, 0.25) is 0 Å². The molecule has 0 aromatic heterocycles. The highest BCUT2D eigenvalue weighted by Gasteiger charge is 2.23. The van der Waals surface area contributed by atoms with Crippen molar-refractivity contribution in [3.05, 3.63) is 28.0 Å². The van der Waals surface area contributed by atoms with E-state index in [4.69, 9.17) is 4.74 Å². The molecule has 0 saturated carbocycles. The summed E-state index contributed by atoms with van der Waals surface area (Å²) in [6.45, 7) is 1.65. The molecule has 1 rings (SSSR count). The highest BCUT2D eigenvalue weighted by Crippen LogP contribution is 2.30. The van der Waals surface area contributed by atoms with Crippen LogP contribution in [0.4, 0.5) is 4.39 Å². The number of hydrogen-bond donors (Lipinski definition) is 0. The number of carbonyl (C=O) groups is 2. The van der Waals surface area contributed by atoms with Crippen molar-refractivity contribution in [3.63, 3.8) is 0 Å². The molecule has 0 aliphatic heterocycles. The number of hydrogen-bond acceptors (Lipinski definition) is 4. The van der Waals surface area contributed by atoms with Crippen molar-refractivity contribution in [2.24, 2.45) is 0 Å². The second-order valence-electron chi connectivity index (χ2n) is 3.02. The number of esters is 1. The summed E-state index contributed by atoms with van der Waals surface area (Å²) < 4.78 is 22.8. The van der Waals surface area contributed by atoms with Crippen molar-refractivity contribution < 1.29 is 23.5 Å². The summed E-state index contributed by atoms with van der Waals surface area (Å²) in [6.07, 6.45) is 0. The smallest absolute Gasteiger partial charge is 0.379 e. The van der Waals surface area contributed by atoms with Crippen LogP contribution in [0, 0.1) is 5.82 Å². The van der Waals surface area contributed by atoms with E-state index in [0.717, 1.165) is 12.1 Å². The summed E-state index contributed by atoms with van der Waals surface area (Å²) in [6, 6.07) is 2.05. The Hall–Kier alpha value is -1.43. The Morgan fingerprint density at radius 2 is 2.06 bits per heavy atom. The molecule has 0 aliphatic rings. The maximum Gasteiger partial charge on any atom is 0.379 e. The zero-order chi connectivity index (χ0) is 13.0. The predicted octanol–water partition coefficient (Wildman–Crippen LogP) is 2.34. The topological polar surface area (TPSA) is 52.6 Å². The highest BCUT2D eigenvalue weighted by molar-refractivity contribution is 9.10. The summed E-state index contributed by atoms with van der Waals surface area (Å²) in [7, 11) is 1.33. The molecule has 17 heavy (non-hydrogen) atoms. The van der Waals surface area contributed by atoms with E-state index in [1.54, 1.807) is 6.92 Å². The van der Waals surface area contributed by atoms with Gasteiger partial charge in [-0.2, -0.15) is 0 Å². The van der Waals surface area contributed by atoms with Gasteiger partial charge in [0.1, 0.15) is 11.6 Å². The van der Waals surface area contributed by atoms with Gasteiger partial charge in [-0.25, -0.2) is 9.18 Å². The molecule has 0 N–H and O–H groups in total. The van der Waals surface area contributed by atoms with Gasteiger partial charge in [-0.05, 0) is 28.9 Å². The first-order valence-electron chi connectivity index (χ1n) is 4.75. The number of methoxy groups -OCH3 is 1. The second kappa shape index (κ2) is 5.77. The van der Waals surface area contributed by atoms with Crippen LogP contribution in [0.25, 0.3) is 0 Å². The maximum absolute atomic E-state index is 13.2. The van der Waals surface area contributed by atoms with E-state index in [-0.39, 0.29) is 22.4 Å². The molecule has 4 nitrogen and oxygen atoms in total. The molecule has 1 aromatic carbocycles. The third-order valence-corrected chi connectivity index (χ3v) is 2.75. The molecule has 0 heterocycles. The number of ketones is 1. The van der Waals surface area contributed by atoms with Gasteiger partial charge >= 0.3 is 5.97 Å². The van der Waals surface area contributed by atoms with Crippen LogP contribution in [-0.4, -0.2) is 25.5 Å². The molecule has 0 atom stereocenters. The fourth-order valence-electron chi connectivity index (χ4n) is 1.18. The van der Waals surface area contributed by atoms with E-state index in [1.807, 2.05) is 0 Å². The third kappa shape index (κ3) is 3.03. The number of halogens is 2. The highest BCUT2D eigenvalue weighted by atomic mass is 79.9. The van der Waals surface area contributed by atoms with Gasteiger partial charge in [0.25, 0.3) is 5.78 Å². The van der Waals surface area contributed by atoms with E-state index in [0.29, 0.717) is 0 Å². The molecule has 0 spiro atoms. The molecular formula is C11H10BrFO4. The molecule has 0 amide bonds. The largest absolute Gasteiger partial charge is 0.495 e. The van der Waals surface area contributed by atoms with Crippen LogP contribution in [-0.2, 0) is 9.53 Å². The van der Waals surface area contributed by atoms with Crippen LogP contribution in [0.1, 0.15) is 17.3 Å². The summed E-state index contributed by atoms with van der Waals surface area (Å²) in [5.74, 6) is -2.48. The minimum Gasteiger partial charge on any atom is -0.495 e. The van der Waals surface area contributed by atoms with Crippen LogP contribution < -0.4 is 4.74 Å². The zero-order valence-corrected chi connectivity index (χ0v) is 10.8. The van der Waals surface area contributed by atoms with Crippen molar-refractivity contribution in [1.82, 2.24) is 0 Å². The first-order chi connectivity index (χ1) is 8.01. The lowest BCUT2D eigenvalue weighted by Gasteiger charge is -2.08. The van der Waals surface area contributed by atoms with E-state index >= 15 is 0 Å². The maximum atomic E-state index is 13.2. The number of carbonyl (C=O) groups excluding carboxylic acids is 2. The molecule has 0 fully saturated rings. The first kappa shape index (κ1) is 13.6. The average Bonchev–Trinajstić information content (AvgIpc) is 2.31. The molecule has 0 saturated heterocycles. The SMILES string of the molecule is CCOC(=O)C(=O)c1cc(F)cc(OC)c1Br. The Bertz CT molecular complexity index is 459. The normalized spacial score (nSPS) is 9.88. The molecule has 0 unspecified atom stereocenters. The predicted molar refractivity (Wildman–Crippen MR) is 61.6 cm³/mol. The summed E-state index contributed by atoms with van der Waals surface area (Å²) in [5.41, 5.74) is -0.125. The van der Waals surface area contributed by atoms with E-state index in [2.05, 4.69) is 20.7 Å². The molecule has 6 heteroatoms. The van der Waals surface area contributed by atoms with Crippen LogP contribution in [0.3, 0.4) is 0 Å². The number of rotatable bonds is 4. The minimum absolute atomic E-state index is 0.0780. The van der Waals surface area contributed by atoms with Crippen LogP contribution >= 0.6 is 15.9 Å². The van der Waals surface area contributed by atoms with Crippen LogP contribution in [0.15, 0.2) is 16.6 Å². The molecule has 1 aromatic rings. The average molecular weight is 305 g/mol. The lowest BCUT2D eigenvalue weighted by atomic mass is 10.1. The number of Topliss-reactive ketones (excluding diaryl/α,β-unsaturated/α-hetero) is 1. The fraction of sp³-hybridized carbons (Fsp3) is 0.273. The van der Waals surface area contributed by atoms with Gasteiger partial charge < -0.3 is 9.47 Å². The van der Waals surface area contributed by atoms with Gasteiger partial charge in [-0.3, -0.25) is 4.79 Å². The molecule has 0 bridgehead atoms. The molecule has 92 valence electrons. The van der Waals surface area contributed by atoms with Gasteiger partial charge in [0.15, 0.2) is 0 Å². The van der Waals surface area contributed by atoms with Crippen molar-refractivity contribution in [3.8, 4) is 5.75 Å². The summed E-state index contributed by atoms with van der Waals surface area (Å²) in [4.78, 5) is 22.9. The Balaban J connectivity index is 3.17. The van der Waals surface area contributed by atoms with E-state index in [1.165, 1.54) is 7.11 Å². The number of ether oxygens (including phenoxy) is 2. The first-order valence-corrected chi connectivity index (χ1v) is 5.55. The lowest BCUT2D eigenvalue weighted by Crippen LogP contribution is -2.18. The Labute approximate surface area is 106 Å². The van der Waals surface area contributed by atoms with Gasteiger partial charge in [0, 0.05) is 6.07 Å². The van der Waals surface area contributed by atoms with Crippen molar-refractivity contribution in [1.29, 1.82) is 0 Å². The Kier molecular flexibility index (Phi) is 4.62. The van der Waals surface area contributed by atoms with Crippen molar-refractivity contribution in [2.45, 2.75) is 6.92 Å². The van der Waals surface area contributed by atoms with Gasteiger partial charge in [-0.1, -0.05) is 0 Å². The summed E-state index contributed by atoms with van der Waals surface area (Å²) >= 11 is 3.08. The monoisotopic (exact) mass is 304 g/mol. The van der Waals surface area contributed by atoms with Crippen LogP contribution in [0.5, 0.6) is 5.75 Å². The van der Waals surface area contributed by atoms with E-state index < -0.39 is 17.6 Å². The van der Waals surface area contributed by atoms with E-state index in [9.17, 15) is 14.0 Å². The standard InChI is InChI=1S/C11H10BrFO4/c1-3-17-11(15)10(14)7-4-6(13)5-8(16-2)9(7)12/h4-5H,3H2,1-2H3. The number of benzene rings is 1. The summed E-state index contributed by atoms with van der Waals surface area (Å²) in [5, 5.41) is 0. The van der Waals surface area contributed by atoms with Gasteiger partial charge in [0.05, 0.1) is 23.8 Å². The molecule has 0 radical (unpaired) electrons. The fourth-order valence-corrected chi connectivity index (χ4v) is 1.76. The zero-order valence-electron chi connectivity index (χ0n) is 9.25. The lowest BCUT2D eigenvalue weighted by molar-refractivity contribution is -0.137.